The van der Waals surface area contributed by atoms with Crippen LogP contribution in [0.25, 0.3) is 0 Å². The van der Waals surface area contributed by atoms with E-state index in [1.54, 1.807) is 0 Å². The second-order valence-electron chi connectivity index (χ2n) is 2.06. The Balaban J connectivity index is 3.28. The molecule has 0 aromatic heterocycles. The summed E-state index contributed by atoms with van der Waals surface area (Å²) < 4.78 is 0. The van der Waals surface area contributed by atoms with Crippen molar-refractivity contribution >= 4 is 29.4 Å². The summed E-state index contributed by atoms with van der Waals surface area (Å²) in [5, 5.41) is 20.7. The highest BCUT2D eigenvalue weighted by atomic mass is 35.5. The molecule has 0 heterocycles. The molecule has 0 unspecified atom stereocenters. The van der Waals surface area contributed by atoms with Crippen molar-refractivity contribution in [1.29, 1.82) is 0 Å². The predicted octanol–water partition coefficient (Wildman–Crippen LogP) is 2.51. The minimum Gasteiger partial charge on any atom is -0.507 e. The molecule has 12 heavy (non-hydrogen) atoms. The van der Waals surface area contributed by atoms with Crippen LogP contribution in [0.4, 0.5) is 0 Å². The highest BCUT2D eigenvalue weighted by Crippen LogP contribution is 2.28. The number of halogens is 2. The number of phenols is 1. The number of rotatable bonds is 1. The van der Waals surface area contributed by atoms with Gasteiger partial charge >= 0.3 is 0 Å². The van der Waals surface area contributed by atoms with Crippen LogP contribution >= 0.6 is 23.2 Å². The Morgan fingerprint density at radius 2 is 2.00 bits per heavy atom. The van der Waals surface area contributed by atoms with Crippen LogP contribution in [0.5, 0.6) is 5.75 Å². The van der Waals surface area contributed by atoms with Gasteiger partial charge in [0.05, 0.1) is 16.8 Å². The SMILES string of the molecule is O/N=C/c1c(O)cc(Cl)cc1Cl. The molecule has 1 aromatic rings. The molecule has 0 saturated carbocycles. The van der Waals surface area contributed by atoms with Gasteiger partial charge < -0.3 is 10.3 Å². The van der Waals surface area contributed by atoms with Crippen LogP contribution in [0, 0.1) is 0 Å². The van der Waals surface area contributed by atoms with Crippen LogP contribution in [0.15, 0.2) is 17.3 Å². The third-order valence-corrected chi connectivity index (χ3v) is 1.79. The van der Waals surface area contributed by atoms with E-state index < -0.39 is 0 Å². The van der Waals surface area contributed by atoms with Crippen LogP contribution in [0.3, 0.4) is 0 Å². The third-order valence-electron chi connectivity index (χ3n) is 1.26. The highest BCUT2D eigenvalue weighted by molar-refractivity contribution is 6.36. The molecule has 0 radical (unpaired) electrons. The Morgan fingerprint density at radius 1 is 1.33 bits per heavy atom. The molecule has 0 bridgehead atoms. The summed E-state index contributed by atoms with van der Waals surface area (Å²) in [5.41, 5.74) is 0.239. The Labute approximate surface area is 78.8 Å². The van der Waals surface area contributed by atoms with Crippen LogP contribution in [-0.4, -0.2) is 16.5 Å². The monoisotopic (exact) mass is 205 g/mol. The van der Waals surface area contributed by atoms with Gasteiger partial charge in [0, 0.05) is 5.02 Å². The summed E-state index contributed by atoms with van der Waals surface area (Å²) in [6.45, 7) is 0. The molecular formula is C7H5Cl2NO2. The number of phenolic OH excluding ortho intramolecular Hbond substituents is 1. The third kappa shape index (κ3) is 1.81. The predicted molar refractivity (Wildman–Crippen MR) is 47.5 cm³/mol. The van der Waals surface area contributed by atoms with Crippen LogP contribution < -0.4 is 0 Å². The van der Waals surface area contributed by atoms with Crippen LogP contribution in [0.2, 0.25) is 10.0 Å². The molecule has 0 saturated heterocycles. The Morgan fingerprint density at radius 3 is 2.50 bits per heavy atom. The Kier molecular flexibility index (Phi) is 2.78. The molecule has 0 aliphatic carbocycles. The molecule has 1 aromatic carbocycles. The molecule has 0 aliphatic heterocycles. The molecule has 1 rings (SSSR count). The molecule has 0 atom stereocenters. The topological polar surface area (TPSA) is 52.8 Å². The number of hydrogen-bond acceptors (Lipinski definition) is 3. The normalized spacial score (nSPS) is 10.8. The smallest absolute Gasteiger partial charge is 0.127 e. The van der Waals surface area contributed by atoms with Crippen LogP contribution in [-0.2, 0) is 0 Å². The maximum absolute atomic E-state index is 9.23. The maximum atomic E-state index is 9.23. The van der Waals surface area contributed by atoms with Crippen molar-refractivity contribution in [2.45, 2.75) is 0 Å². The van der Waals surface area contributed by atoms with Gasteiger partial charge in [0.1, 0.15) is 5.75 Å². The van der Waals surface area contributed by atoms with Crippen molar-refractivity contribution in [1.82, 2.24) is 0 Å². The van der Waals surface area contributed by atoms with E-state index in [-0.39, 0.29) is 16.3 Å². The largest absolute Gasteiger partial charge is 0.507 e. The van der Waals surface area contributed by atoms with Crippen molar-refractivity contribution in [3.8, 4) is 5.75 Å². The van der Waals surface area contributed by atoms with Crippen molar-refractivity contribution in [2.75, 3.05) is 0 Å². The molecular weight excluding hydrogens is 201 g/mol. The highest BCUT2D eigenvalue weighted by Gasteiger charge is 2.05. The first-order valence-electron chi connectivity index (χ1n) is 3.00. The first-order chi connectivity index (χ1) is 5.65. The number of nitrogens with zero attached hydrogens (tertiary/aromatic N) is 1. The quantitative estimate of drug-likeness (QED) is 0.421. The number of hydrogen-bond donors (Lipinski definition) is 2. The lowest BCUT2D eigenvalue weighted by molar-refractivity contribution is 0.321. The zero-order valence-corrected chi connectivity index (χ0v) is 7.34. The molecule has 5 heteroatoms. The number of oxime groups is 1. The fraction of sp³-hybridized carbons (Fsp3) is 0. The van der Waals surface area contributed by atoms with E-state index in [2.05, 4.69) is 5.16 Å². The molecule has 0 spiro atoms. The zero-order valence-electron chi connectivity index (χ0n) is 5.83. The van der Waals surface area contributed by atoms with Crippen molar-refractivity contribution in [3.63, 3.8) is 0 Å². The average molecular weight is 206 g/mol. The summed E-state index contributed by atoms with van der Waals surface area (Å²) in [7, 11) is 0. The van der Waals surface area contributed by atoms with Crippen molar-refractivity contribution < 1.29 is 10.3 Å². The molecule has 0 fully saturated rings. The lowest BCUT2D eigenvalue weighted by atomic mass is 10.2. The van der Waals surface area contributed by atoms with Crippen LogP contribution in [0.1, 0.15) is 5.56 Å². The van der Waals surface area contributed by atoms with E-state index >= 15 is 0 Å². The number of benzene rings is 1. The van der Waals surface area contributed by atoms with E-state index in [1.807, 2.05) is 0 Å². The first-order valence-corrected chi connectivity index (χ1v) is 3.76. The summed E-state index contributed by atoms with van der Waals surface area (Å²) in [6, 6.07) is 2.75. The fourth-order valence-corrected chi connectivity index (χ4v) is 1.29. The molecule has 2 N–H and O–H groups in total. The molecule has 3 nitrogen and oxygen atoms in total. The average Bonchev–Trinajstić information content (AvgIpc) is 1.96. The second kappa shape index (κ2) is 3.65. The van der Waals surface area contributed by atoms with Gasteiger partial charge in [-0.1, -0.05) is 28.4 Å². The standard InChI is InChI=1S/C7H5Cl2NO2/c8-4-1-6(9)5(3-10-12)7(11)2-4/h1-3,11-12H/b10-3+. The van der Waals surface area contributed by atoms with Crippen molar-refractivity contribution in [2.24, 2.45) is 5.16 Å². The lowest BCUT2D eigenvalue weighted by Gasteiger charge is -2.00. The molecule has 0 amide bonds. The lowest BCUT2D eigenvalue weighted by Crippen LogP contribution is -1.84. The van der Waals surface area contributed by atoms with E-state index in [9.17, 15) is 5.11 Å². The Hall–Kier alpha value is -0.930. The van der Waals surface area contributed by atoms with E-state index in [4.69, 9.17) is 28.4 Å². The van der Waals surface area contributed by atoms with Gasteiger partial charge in [0.2, 0.25) is 0 Å². The summed E-state index contributed by atoms with van der Waals surface area (Å²) in [5.74, 6) is -0.120. The zero-order chi connectivity index (χ0) is 9.14. The summed E-state index contributed by atoms with van der Waals surface area (Å²) in [6.07, 6.45) is 1.04. The van der Waals surface area contributed by atoms with Gasteiger partial charge in [-0.2, -0.15) is 0 Å². The summed E-state index contributed by atoms with van der Waals surface area (Å²) in [4.78, 5) is 0. The minimum absolute atomic E-state index is 0.120. The maximum Gasteiger partial charge on any atom is 0.127 e. The minimum atomic E-state index is -0.120. The van der Waals surface area contributed by atoms with Gasteiger partial charge in [-0.3, -0.25) is 0 Å². The first kappa shape index (κ1) is 9.16. The van der Waals surface area contributed by atoms with Gasteiger partial charge in [0.15, 0.2) is 0 Å². The number of aromatic hydroxyl groups is 1. The van der Waals surface area contributed by atoms with E-state index in [0.29, 0.717) is 5.02 Å². The molecule has 64 valence electrons. The van der Waals surface area contributed by atoms with Gasteiger partial charge in [-0.05, 0) is 12.1 Å². The van der Waals surface area contributed by atoms with Crippen molar-refractivity contribution in [3.05, 3.63) is 27.7 Å². The molecule has 0 aliphatic rings. The summed E-state index contributed by atoms with van der Waals surface area (Å²) >= 11 is 11.2. The van der Waals surface area contributed by atoms with Gasteiger partial charge in [-0.25, -0.2) is 0 Å². The Bertz CT molecular complexity index is 302. The van der Waals surface area contributed by atoms with Gasteiger partial charge in [0.25, 0.3) is 0 Å². The second-order valence-corrected chi connectivity index (χ2v) is 2.91. The fourth-order valence-electron chi connectivity index (χ4n) is 0.757. The van der Waals surface area contributed by atoms with E-state index in [1.165, 1.54) is 12.1 Å². The van der Waals surface area contributed by atoms with E-state index in [0.717, 1.165) is 6.21 Å². The van der Waals surface area contributed by atoms with Gasteiger partial charge in [-0.15, -0.1) is 0 Å².